The van der Waals surface area contributed by atoms with Crippen molar-refractivity contribution in [2.45, 2.75) is 19.9 Å². The van der Waals surface area contributed by atoms with Gasteiger partial charge in [0.2, 0.25) is 5.95 Å². The molecule has 1 atom stereocenters. The van der Waals surface area contributed by atoms with Crippen LogP contribution in [0.5, 0.6) is 0 Å². The SMILES string of the molecule is COC(=O)C(C)Nc1ncc(C)cn1. The highest BCUT2D eigenvalue weighted by molar-refractivity contribution is 5.77. The topological polar surface area (TPSA) is 64.1 Å². The molecule has 0 saturated carbocycles. The van der Waals surface area contributed by atoms with Gasteiger partial charge in [-0.25, -0.2) is 14.8 Å². The average molecular weight is 195 g/mol. The Morgan fingerprint density at radius 1 is 1.50 bits per heavy atom. The van der Waals surface area contributed by atoms with Gasteiger partial charge in [-0.15, -0.1) is 0 Å². The molecular formula is C9H13N3O2. The molecule has 1 rings (SSSR count). The summed E-state index contributed by atoms with van der Waals surface area (Å²) in [6, 6.07) is -0.442. The smallest absolute Gasteiger partial charge is 0.328 e. The number of methoxy groups -OCH3 is 1. The first-order chi connectivity index (χ1) is 6.63. The molecule has 0 bridgehead atoms. The molecule has 0 aliphatic rings. The summed E-state index contributed by atoms with van der Waals surface area (Å²) in [6.07, 6.45) is 3.36. The van der Waals surface area contributed by atoms with Gasteiger partial charge < -0.3 is 10.1 Å². The van der Waals surface area contributed by atoms with Gasteiger partial charge in [0.25, 0.3) is 0 Å². The molecule has 76 valence electrons. The summed E-state index contributed by atoms with van der Waals surface area (Å²) in [7, 11) is 1.34. The van der Waals surface area contributed by atoms with E-state index in [0.29, 0.717) is 5.95 Å². The number of nitrogens with one attached hydrogen (secondary N) is 1. The molecule has 0 saturated heterocycles. The molecule has 0 spiro atoms. The van der Waals surface area contributed by atoms with E-state index in [1.807, 2.05) is 6.92 Å². The lowest BCUT2D eigenvalue weighted by atomic mass is 10.3. The number of esters is 1. The van der Waals surface area contributed by atoms with Crippen molar-refractivity contribution in [1.29, 1.82) is 0 Å². The maximum Gasteiger partial charge on any atom is 0.328 e. The van der Waals surface area contributed by atoms with Gasteiger partial charge in [0, 0.05) is 12.4 Å². The van der Waals surface area contributed by atoms with Gasteiger partial charge in [-0.1, -0.05) is 0 Å². The van der Waals surface area contributed by atoms with Crippen molar-refractivity contribution in [2.75, 3.05) is 12.4 Å². The monoisotopic (exact) mass is 195 g/mol. The highest BCUT2D eigenvalue weighted by atomic mass is 16.5. The van der Waals surface area contributed by atoms with Crippen LogP contribution in [0.25, 0.3) is 0 Å². The third kappa shape index (κ3) is 2.69. The summed E-state index contributed by atoms with van der Waals surface area (Å²) >= 11 is 0. The van der Waals surface area contributed by atoms with Gasteiger partial charge in [-0.3, -0.25) is 0 Å². The van der Waals surface area contributed by atoms with Crippen LogP contribution in [-0.4, -0.2) is 29.1 Å². The van der Waals surface area contributed by atoms with Crippen LogP contribution in [0.3, 0.4) is 0 Å². The Labute approximate surface area is 82.5 Å². The number of rotatable bonds is 3. The molecule has 1 unspecified atom stereocenters. The minimum absolute atomic E-state index is 0.339. The minimum atomic E-state index is -0.442. The number of hydrogen-bond donors (Lipinski definition) is 1. The van der Waals surface area contributed by atoms with Crippen LogP contribution in [0.1, 0.15) is 12.5 Å². The predicted molar refractivity (Wildman–Crippen MR) is 51.9 cm³/mol. The molecule has 0 aliphatic carbocycles. The summed E-state index contributed by atoms with van der Waals surface area (Å²) in [6.45, 7) is 3.59. The van der Waals surface area contributed by atoms with Gasteiger partial charge in [0.05, 0.1) is 7.11 Å². The molecular weight excluding hydrogens is 182 g/mol. The Kier molecular flexibility index (Phi) is 3.39. The van der Waals surface area contributed by atoms with Crippen molar-refractivity contribution in [3.05, 3.63) is 18.0 Å². The molecule has 1 N–H and O–H groups in total. The van der Waals surface area contributed by atoms with Gasteiger partial charge >= 0.3 is 5.97 Å². The molecule has 0 radical (unpaired) electrons. The molecule has 14 heavy (non-hydrogen) atoms. The van der Waals surface area contributed by atoms with E-state index in [4.69, 9.17) is 0 Å². The van der Waals surface area contributed by atoms with Gasteiger partial charge in [0.1, 0.15) is 6.04 Å². The summed E-state index contributed by atoms with van der Waals surface area (Å²) in [4.78, 5) is 19.1. The largest absolute Gasteiger partial charge is 0.467 e. The molecule has 0 fully saturated rings. The Hall–Kier alpha value is -1.65. The van der Waals surface area contributed by atoms with E-state index in [0.717, 1.165) is 5.56 Å². The molecule has 0 amide bonds. The van der Waals surface area contributed by atoms with Crippen molar-refractivity contribution in [3.63, 3.8) is 0 Å². The minimum Gasteiger partial charge on any atom is -0.467 e. The summed E-state index contributed by atoms with van der Waals surface area (Å²) in [5.74, 6) is 0.0858. The molecule has 0 aromatic carbocycles. The molecule has 1 heterocycles. The molecule has 5 nitrogen and oxygen atoms in total. The summed E-state index contributed by atoms with van der Waals surface area (Å²) in [5.41, 5.74) is 0.973. The van der Waals surface area contributed by atoms with E-state index in [1.54, 1.807) is 19.3 Å². The highest BCUT2D eigenvalue weighted by Gasteiger charge is 2.13. The van der Waals surface area contributed by atoms with Crippen molar-refractivity contribution in [2.24, 2.45) is 0 Å². The van der Waals surface area contributed by atoms with Crippen molar-refractivity contribution in [1.82, 2.24) is 9.97 Å². The van der Waals surface area contributed by atoms with Gasteiger partial charge in [0.15, 0.2) is 0 Å². The Morgan fingerprint density at radius 3 is 2.57 bits per heavy atom. The third-order valence-electron chi connectivity index (χ3n) is 1.68. The Morgan fingerprint density at radius 2 is 2.07 bits per heavy atom. The number of aromatic nitrogens is 2. The van der Waals surface area contributed by atoms with E-state index in [9.17, 15) is 4.79 Å². The quantitative estimate of drug-likeness (QED) is 0.721. The molecule has 0 aliphatic heterocycles. The number of carbonyl (C=O) groups excluding carboxylic acids is 1. The van der Waals surface area contributed by atoms with Crippen molar-refractivity contribution < 1.29 is 9.53 Å². The van der Waals surface area contributed by atoms with E-state index >= 15 is 0 Å². The fourth-order valence-electron chi connectivity index (χ4n) is 0.896. The fourth-order valence-corrected chi connectivity index (χ4v) is 0.896. The number of aryl methyl sites for hydroxylation is 1. The number of anilines is 1. The maximum atomic E-state index is 11.0. The summed E-state index contributed by atoms with van der Waals surface area (Å²) < 4.78 is 4.55. The van der Waals surface area contributed by atoms with Crippen LogP contribution in [0.4, 0.5) is 5.95 Å². The number of carbonyl (C=O) groups is 1. The standard InChI is InChI=1S/C9H13N3O2/c1-6-4-10-9(11-5-6)12-7(2)8(13)14-3/h4-5,7H,1-3H3,(H,10,11,12). The highest BCUT2D eigenvalue weighted by Crippen LogP contribution is 2.01. The second-order valence-corrected chi connectivity index (χ2v) is 2.97. The lowest BCUT2D eigenvalue weighted by molar-refractivity contribution is -0.141. The second-order valence-electron chi connectivity index (χ2n) is 2.97. The maximum absolute atomic E-state index is 11.0. The van der Waals surface area contributed by atoms with E-state index < -0.39 is 6.04 Å². The third-order valence-corrected chi connectivity index (χ3v) is 1.68. The summed E-state index contributed by atoms with van der Waals surface area (Å²) in [5, 5.41) is 2.82. The lowest BCUT2D eigenvalue weighted by Crippen LogP contribution is -2.28. The van der Waals surface area contributed by atoms with Crippen LogP contribution in [0.15, 0.2) is 12.4 Å². The molecule has 1 aromatic heterocycles. The van der Waals surface area contributed by atoms with Crippen molar-refractivity contribution >= 4 is 11.9 Å². The van der Waals surface area contributed by atoms with Crippen molar-refractivity contribution in [3.8, 4) is 0 Å². The number of ether oxygens (including phenoxy) is 1. The second kappa shape index (κ2) is 4.55. The first kappa shape index (κ1) is 10.4. The first-order valence-corrected chi connectivity index (χ1v) is 4.26. The van der Waals surface area contributed by atoms with Crippen LogP contribution in [-0.2, 0) is 9.53 Å². The predicted octanol–water partition coefficient (Wildman–Crippen LogP) is 0.758. The first-order valence-electron chi connectivity index (χ1n) is 4.26. The van der Waals surface area contributed by atoms with E-state index in [1.165, 1.54) is 7.11 Å². The van der Waals surface area contributed by atoms with Gasteiger partial charge in [-0.2, -0.15) is 0 Å². The van der Waals surface area contributed by atoms with Crippen LogP contribution in [0.2, 0.25) is 0 Å². The van der Waals surface area contributed by atoms with Gasteiger partial charge in [-0.05, 0) is 19.4 Å². The zero-order valence-corrected chi connectivity index (χ0v) is 8.44. The average Bonchev–Trinajstić information content (AvgIpc) is 2.20. The Balaban J connectivity index is 2.60. The van der Waals surface area contributed by atoms with Crippen LogP contribution >= 0.6 is 0 Å². The van der Waals surface area contributed by atoms with E-state index in [-0.39, 0.29) is 5.97 Å². The molecule has 5 heteroatoms. The Bertz CT molecular complexity index is 310. The van der Waals surface area contributed by atoms with Crippen LogP contribution in [0, 0.1) is 6.92 Å². The normalized spacial score (nSPS) is 11.9. The van der Waals surface area contributed by atoms with Crippen LogP contribution < -0.4 is 5.32 Å². The zero-order valence-electron chi connectivity index (χ0n) is 8.44. The fraction of sp³-hybridized carbons (Fsp3) is 0.444. The number of nitrogens with zero attached hydrogens (tertiary/aromatic N) is 2. The number of hydrogen-bond acceptors (Lipinski definition) is 5. The lowest BCUT2D eigenvalue weighted by Gasteiger charge is -2.10. The molecule has 1 aromatic rings. The van der Waals surface area contributed by atoms with E-state index in [2.05, 4.69) is 20.0 Å². The zero-order chi connectivity index (χ0) is 10.6.